The van der Waals surface area contributed by atoms with Crippen molar-refractivity contribution in [2.24, 2.45) is 0 Å². The van der Waals surface area contributed by atoms with Crippen LogP contribution < -0.4 is 0 Å². The third-order valence-corrected chi connectivity index (χ3v) is 2.88. The highest BCUT2D eigenvalue weighted by Gasteiger charge is 2.20. The van der Waals surface area contributed by atoms with E-state index in [0.29, 0.717) is 0 Å². The minimum atomic E-state index is -0.706. The summed E-state index contributed by atoms with van der Waals surface area (Å²) in [6.07, 6.45) is 2.84. The number of aliphatic hydroxyl groups excluding tert-OH is 2. The minimum absolute atomic E-state index is 0.188. The van der Waals surface area contributed by atoms with Gasteiger partial charge in [0.05, 0.1) is 17.4 Å². The van der Waals surface area contributed by atoms with Gasteiger partial charge < -0.3 is 10.2 Å². The first kappa shape index (κ1) is 10.0. The molecule has 0 saturated heterocycles. The summed E-state index contributed by atoms with van der Waals surface area (Å²) in [5, 5.41) is 29.8. The van der Waals surface area contributed by atoms with Crippen molar-refractivity contribution in [1.29, 1.82) is 0 Å². The Morgan fingerprint density at radius 3 is 3.00 bits per heavy atom. The number of nitrogens with one attached hydrogen (secondary N) is 1. The zero-order chi connectivity index (χ0) is 11.8. The van der Waals surface area contributed by atoms with E-state index in [1.165, 1.54) is 0 Å². The SMILES string of the molecule is OC1=CC=C(c2cccc3[nH]nnc23)C(O)C1. The Balaban J connectivity index is 2.18. The van der Waals surface area contributed by atoms with Crippen molar-refractivity contribution >= 4 is 16.6 Å². The predicted molar refractivity (Wildman–Crippen MR) is 63.2 cm³/mol. The van der Waals surface area contributed by atoms with E-state index >= 15 is 0 Å². The van der Waals surface area contributed by atoms with Crippen molar-refractivity contribution < 1.29 is 10.2 Å². The summed E-state index contributed by atoms with van der Waals surface area (Å²) in [6.45, 7) is 0. The summed E-state index contributed by atoms with van der Waals surface area (Å²) >= 11 is 0. The largest absolute Gasteiger partial charge is 0.512 e. The molecule has 1 aliphatic rings. The number of aliphatic hydroxyl groups is 2. The number of aromatic nitrogens is 3. The third kappa shape index (κ3) is 1.60. The second-order valence-corrected chi connectivity index (χ2v) is 4.01. The van der Waals surface area contributed by atoms with Gasteiger partial charge in [0.15, 0.2) is 0 Å². The van der Waals surface area contributed by atoms with Crippen LogP contribution in [0.2, 0.25) is 0 Å². The van der Waals surface area contributed by atoms with E-state index in [4.69, 9.17) is 0 Å². The Labute approximate surface area is 97.1 Å². The van der Waals surface area contributed by atoms with E-state index < -0.39 is 6.10 Å². The molecule has 0 spiro atoms. The Morgan fingerprint density at radius 2 is 2.18 bits per heavy atom. The average molecular weight is 229 g/mol. The molecule has 0 amide bonds. The van der Waals surface area contributed by atoms with Crippen molar-refractivity contribution in [3.63, 3.8) is 0 Å². The Hall–Kier alpha value is -2.14. The zero-order valence-corrected chi connectivity index (χ0v) is 8.96. The van der Waals surface area contributed by atoms with E-state index in [-0.39, 0.29) is 12.2 Å². The van der Waals surface area contributed by atoms with Gasteiger partial charge in [0.2, 0.25) is 0 Å². The molecule has 2 aromatic rings. The zero-order valence-electron chi connectivity index (χ0n) is 8.96. The van der Waals surface area contributed by atoms with Crippen molar-refractivity contribution in [2.75, 3.05) is 0 Å². The van der Waals surface area contributed by atoms with Gasteiger partial charge >= 0.3 is 0 Å². The van der Waals surface area contributed by atoms with Crippen molar-refractivity contribution in [3.8, 4) is 0 Å². The normalized spacial score (nSPS) is 20.2. The van der Waals surface area contributed by atoms with Crippen LogP contribution >= 0.6 is 0 Å². The van der Waals surface area contributed by atoms with Gasteiger partial charge in [-0.05, 0) is 17.7 Å². The molecule has 3 rings (SSSR count). The van der Waals surface area contributed by atoms with Crippen molar-refractivity contribution in [1.82, 2.24) is 15.4 Å². The van der Waals surface area contributed by atoms with Crippen LogP contribution in [0.4, 0.5) is 0 Å². The van der Waals surface area contributed by atoms with E-state index in [1.54, 1.807) is 12.2 Å². The molecule has 5 nitrogen and oxygen atoms in total. The molecule has 0 fully saturated rings. The lowest BCUT2D eigenvalue weighted by atomic mass is 9.93. The number of nitrogens with zero attached hydrogens (tertiary/aromatic N) is 2. The summed E-state index contributed by atoms with van der Waals surface area (Å²) in [5.74, 6) is 0.188. The molecule has 5 heteroatoms. The summed E-state index contributed by atoms with van der Waals surface area (Å²) in [7, 11) is 0. The van der Waals surface area contributed by atoms with E-state index in [1.807, 2.05) is 18.2 Å². The fraction of sp³-hybridized carbons (Fsp3) is 0.167. The lowest BCUT2D eigenvalue weighted by Gasteiger charge is -2.18. The monoisotopic (exact) mass is 229 g/mol. The summed E-state index contributed by atoms with van der Waals surface area (Å²) in [4.78, 5) is 0. The van der Waals surface area contributed by atoms with Crippen LogP contribution in [0.1, 0.15) is 12.0 Å². The summed E-state index contributed by atoms with van der Waals surface area (Å²) in [6, 6.07) is 5.64. The van der Waals surface area contributed by atoms with Crippen LogP contribution in [0, 0.1) is 0 Å². The molecule has 0 saturated carbocycles. The average Bonchev–Trinajstić information content (AvgIpc) is 2.77. The fourth-order valence-electron chi connectivity index (χ4n) is 2.05. The van der Waals surface area contributed by atoms with Gasteiger partial charge in [0.1, 0.15) is 5.52 Å². The molecule has 17 heavy (non-hydrogen) atoms. The molecular weight excluding hydrogens is 218 g/mol. The molecule has 1 aromatic heterocycles. The van der Waals surface area contributed by atoms with Crippen LogP contribution in [0.5, 0.6) is 0 Å². The number of allylic oxidation sites excluding steroid dienone is 2. The standard InChI is InChI=1S/C12H11N3O2/c16-7-4-5-8(11(17)6-7)9-2-1-3-10-12(9)14-15-13-10/h1-5,11,16-17H,6H2,(H,13,14,15). The molecular formula is C12H11N3O2. The first-order valence-corrected chi connectivity index (χ1v) is 5.33. The van der Waals surface area contributed by atoms with Gasteiger partial charge in [-0.2, -0.15) is 0 Å². The second kappa shape index (κ2) is 3.71. The Morgan fingerprint density at radius 1 is 1.29 bits per heavy atom. The molecule has 0 bridgehead atoms. The molecule has 1 unspecified atom stereocenters. The first-order valence-electron chi connectivity index (χ1n) is 5.33. The predicted octanol–water partition coefficient (Wildman–Crippen LogP) is 1.55. The second-order valence-electron chi connectivity index (χ2n) is 4.01. The molecule has 0 radical (unpaired) electrons. The first-order chi connectivity index (χ1) is 8.25. The lowest BCUT2D eigenvalue weighted by molar-refractivity contribution is 0.208. The number of rotatable bonds is 1. The summed E-state index contributed by atoms with van der Waals surface area (Å²) < 4.78 is 0. The van der Waals surface area contributed by atoms with Crippen LogP contribution in [0.15, 0.2) is 36.1 Å². The van der Waals surface area contributed by atoms with Gasteiger partial charge in [0, 0.05) is 12.0 Å². The topological polar surface area (TPSA) is 82.0 Å². The Kier molecular flexibility index (Phi) is 2.19. The summed E-state index contributed by atoms with van der Waals surface area (Å²) in [5.41, 5.74) is 3.15. The maximum atomic E-state index is 9.96. The van der Waals surface area contributed by atoms with E-state index in [2.05, 4.69) is 15.4 Å². The van der Waals surface area contributed by atoms with Crippen LogP contribution in [-0.2, 0) is 0 Å². The lowest BCUT2D eigenvalue weighted by Crippen LogP contribution is -2.13. The molecule has 1 atom stereocenters. The molecule has 86 valence electrons. The minimum Gasteiger partial charge on any atom is -0.512 e. The maximum absolute atomic E-state index is 9.96. The van der Waals surface area contributed by atoms with Gasteiger partial charge in [-0.25, -0.2) is 0 Å². The number of hydrogen-bond acceptors (Lipinski definition) is 4. The van der Waals surface area contributed by atoms with Crippen LogP contribution in [0.25, 0.3) is 16.6 Å². The quantitative estimate of drug-likeness (QED) is 0.692. The van der Waals surface area contributed by atoms with Gasteiger partial charge in [-0.3, -0.25) is 5.10 Å². The number of hydrogen-bond donors (Lipinski definition) is 3. The highest BCUT2D eigenvalue weighted by Crippen LogP contribution is 2.29. The highest BCUT2D eigenvalue weighted by atomic mass is 16.3. The number of aromatic amines is 1. The van der Waals surface area contributed by atoms with Gasteiger partial charge in [0.25, 0.3) is 0 Å². The van der Waals surface area contributed by atoms with Crippen LogP contribution in [-0.4, -0.2) is 31.7 Å². The van der Waals surface area contributed by atoms with Crippen LogP contribution in [0.3, 0.4) is 0 Å². The number of fused-ring (bicyclic) bond motifs is 1. The van der Waals surface area contributed by atoms with E-state index in [9.17, 15) is 10.2 Å². The molecule has 3 N–H and O–H groups in total. The van der Waals surface area contributed by atoms with Gasteiger partial charge in [-0.1, -0.05) is 23.4 Å². The molecule has 0 aliphatic heterocycles. The highest BCUT2D eigenvalue weighted by molar-refractivity contribution is 5.90. The number of benzene rings is 1. The van der Waals surface area contributed by atoms with E-state index in [0.717, 1.165) is 22.2 Å². The maximum Gasteiger partial charge on any atom is 0.120 e. The number of H-pyrrole nitrogens is 1. The third-order valence-electron chi connectivity index (χ3n) is 2.88. The molecule has 1 heterocycles. The fourth-order valence-corrected chi connectivity index (χ4v) is 2.05. The van der Waals surface area contributed by atoms with Crippen molar-refractivity contribution in [2.45, 2.75) is 12.5 Å². The molecule has 1 aliphatic carbocycles. The smallest absolute Gasteiger partial charge is 0.120 e. The molecule has 1 aromatic carbocycles. The Bertz CT molecular complexity index is 627. The van der Waals surface area contributed by atoms with Gasteiger partial charge in [-0.15, -0.1) is 5.10 Å². The van der Waals surface area contributed by atoms with Crippen molar-refractivity contribution in [3.05, 3.63) is 41.7 Å².